The van der Waals surface area contributed by atoms with E-state index in [1.807, 2.05) is 48.5 Å². The molecule has 0 heterocycles. The minimum absolute atomic E-state index is 0.624. The van der Waals surface area contributed by atoms with E-state index in [0.29, 0.717) is 6.61 Å². The molecular formula is C25H39N2O3Si2. The Bertz CT molecular complexity index is 794. The maximum absolute atomic E-state index is 6.16. The third-order valence-electron chi connectivity index (χ3n) is 4.89. The molecule has 0 saturated heterocycles. The van der Waals surface area contributed by atoms with Gasteiger partial charge in [-0.1, -0.05) is 26.2 Å². The van der Waals surface area contributed by atoms with Gasteiger partial charge in [-0.15, -0.1) is 0 Å². The van der Waals surface area contributed by atoms with Gasteiger partial charge < -0.3 is 13.6 Å². The van der Waals surface area contributed by atoms with Crippen LogP contribution in [0.3, 0.4) is 0 Å². The summed E-state index contributed by atoms with van der Waals surface area (Å²) in [5, 5.41) is 8.64. The fourth-order valence-corrected chi connectivity index (χ4v) is 9.17. The van der Waals surface area contributed by atoms with Crippen molar-refractivity contribution in [3.63, 3.8) is 0 Å². The molecule has 0 unspecified atom stereocenters. The number of nitrogens with zero attached hydrogens (tertiary/aromatic N) is 2. The molecule has 0 bridgehead atoms. The van der Waals surface area contributed by atoms with Gasteiger partial charge in [-0.25, -0.2) is 0 Å². The van der Waals surface area contributed by atoms with Crippen LogP contribution >= 0.6 is 0 Å². The van der Waals surface area contributed by atoms with E-state index < -0.39 is 17.4 Å². The van der Waals surface area contributed by atoms with Crippen molar-refractivity contribution in [1.82, 2.24) is 0 Å². The number of benzene rings is 2. The van der Waals surface area contributed by atoms with Crippen molar-refractivity contribution < 1.29 is 13.6 Å². The Morgan fingerprint density at radius 2 is 1.22 bits per heavy atom. The van der Waals surface area contributed by atoms with Crippen LogP contribution in [0.2, 0.25) is 32.2 Å². The third kappa shape index (κ3) is 11.1. The van der Waals surface area contributed by atoms with Crippen molar-refractivity contribution in [2.24, 2.45) is 10.2 Å². The summed E-state index contributed by atoms with van der Waals surface area (Å²) in [5.74, 6) is 1.74. The Hall–Kier alpha value is -1.97. The summed E-state index contributed by atoms with van der Waals surface area (Å²) >= 11 is 0. The van der Waals surface area contributed by atoms with Crippen LogP contribution in [0.1, 0.15) is 39.0 Å². The van der Waals surface area contributed by atoms with Crippen LogP contribution in [-0.4, -0.2) is 30.6 Å². The fourth-order valence-electron chi connectivity index (χ4n) is 3.34. The number of unbranched alkanes of at least 4 members (excludes halogenated alkanes) is 3. The Morgan fingerprint density at radius 3 is 1.69 bits per heavy atom. The van der Waals surface area contributed by atoms with Gasteiger partial charge in [0.2, 0.25) is 0 Å². The number of rotatable bonds is 15. The van der Waals surface area contributed by atoms with Gasteiger partial charge in [-0.05, 0) is 93.6 Å². The Kier molecular flexibility index (Phi) is 11.7. The van der Waals surface area contributed by atoms with E-state index in [4.69, 9.17) is 13.6 Å². The van der Waals surface area contributed by atoms with Crippen molar-refractivity contribution in [3.8, 4) is 11.5 Å². The number of ether oxygens (including phenoxy) is 2. The SMILES string of the molecule is CCCCCCOc1ccc(N=Nc2ccc(OCCC[Si](C)(C)O[Si](C)C)cc2)cc1. The normalized spacial score (nSPS) is 11.9. The number of azo groups is 1. The Balaban J connectivity index is 1.72. The molecule has 0 aliphatic rings. The second-order valence-electron chi connectivity index (χ2n) is 8.82. The molecule has 32 heavy (non-hydrogen) atoms. The summed E-state index contributed by atoms with van der Waals surface area (Å²) in [4.78, 5) is 0. The van der Waals surface area contributed by atoms with E-state index in [9.17, 15) is 0 Å². The topological polar surface area (TPSA) is 52.4 Å². The summed E-state index contributed by atoms with van der Waals surface area (Å²) < 4.78 is 17.8. The first kappa shape index (κ1) is 26.3. The lowest BCUT2D eigenvalue weighted by Gasteiger charge is -2.25. The molecule has 0 aromatic heterocycles. The third-order valence-corrected chi connectivity index (χ3v) is 10.3. The highest BCUT2D eigenvalue weighted by Crippen LogP contribution is 2.24. The van der Waals surface area contributed by atoms with Crippen molar-refractivity contribution >= 4 is 28.7 Å². The van der Waals surface area contributed by atoms with Gasteiger partial charge in [-0.2, -0.15) is 10.2 Å². The summed E-state index contributed by atoms with van der Waals surface area (Å²) in [5.41, 5.74) is 1.61. The second kappa shape index (κ2) is 14.2. The molecule has 0 fully saturated rings. The van der Waals surface area contributed by atoms with Gasteiger partial charge in [0.1, 0.15) is 11.5 Å². The van der Waals surface area contributed by atoms with E-state index in [1.54, 1.807) is 0 Å². The van der Waals surface area contributed by atoms with Crippen LogP contribution in [0.15, 0.2) is 58.8 Å². The molecule has 0 N–H and O–H groups in total. The van der Waals surface area contributed by atoms with Crippen LogP contribution in [0.25, 0.3) is 0 Å². The zero-order chi connectivity index (χ0) is 23.2. The highest BCUT2D eigenvalue weighted by atomic mass is 28.4. The number of hydrogen-bond donors (Lipinski definition) is 0. The first-order valence-corrected chi connectivity index (χ1v) is 17.3. The molecule has 2 aromatic rings. The zero-order valence-corrected chi connectivity index (χ0v) is 22.4. The molecule has 0 atom stereocenters. The minimum atomic E-state index is -1.54. The largest absolute Gasteiger partial charge is 0.494 e. The van der Waals surface area contributed by atoms with E-state index in [1.165, 1.54) is 19.3 Å². The van der Waals surface area contributed by atoms with Crippen molar-refractivity contribution in [2.45, 2.75) is 71.3 Å². The molecule has 1 radical (unpaired) electrons. The first-order chi connectivity index (χ1) is 15.4. The molecule has 7 heteroatoms. The fraction of sp³-hybridized carbons (Fsp3) is 0.520. The quantitative estimate of drug-likeness (QED) is 0.149. The predicted molar refractivity (Wildman–Crippen MR) is 138 cm³/mol. The van der Waals surface area contributed by atoms with E-state index in [0.717, 1.165) is 48.4 Å². The van der Waals surface area contributed by atoms with Crippen LogP contribution in [0.5, 0.6) is 11.5 Å². The summed E-state index contributed by atoms with van der Waals surface area (Å²) in [6.07, 6.45) is 5.85. The first-order valence-electron chi connectivity index (χ1n) is 11.7. The van der Waals surface area contributed by atoms with Gasteiger partial charge >= 0.3 is 0 Å². The number of hydrogen-bond acceptors (Lipinski definition) is 5. The van der Waals surface area contributed by atoms with Gasteiger partial charge in [0.05, 0.1) is 24.6 Å². The van der Waals surface area contributed by atoms with Crippen molar-refractivity contribution in [1.29, 1.82) is 0 Å². The molecule has 0 spiro atoms. The van der Waals surface area contributed by atoms with Crippen LogP contribution in [0.4, 0.5) is 11.4 Å². The average molecular weight is 472 g/mol. The molecule has 2 rings (SSSR count). The van der Waals surface area contributed by atoms with E-state index >= 15 is 0 Å². The van der Waals surface area contributed by atoms with Gasteiger partial charge in [0, 0.05) is 0 Å². The lowest BCUT2D eigenvalue weighted by molar-refractivity contribution is 0.305. The van der Waals surface area contributed by atoms with Crippen LogP contribution in [-0.2, 0) is 4.12 Å². The van der Waals surface area contributed by atoms with Gasteiger partial charge in [-0.3, -0.25) is 0 Å². The predicted octanol–water partition coefficient (Wildman–Crippen LogP) is 8.30. The van der Waals surface area contributed by atoms with Crippen LogP contribution < -0.4 is 9.47 Å². The lowest BCUT2D eigenvalue weighted by atomic mass is 10.2. The molecule has 5 nitrogen and oxygen atoms in total. The Labute approximate surface area is 197 Å². The second-order valence-corrected chi connectivity index (χ2v) is 15.5. The highest BCUT2D eigenvalue weighted by molar-refractivity contribution is 6.77. The zero-order valence-electron chi connectivity index (χ0n) is 20.4. The standard InChI is InChI=1S/C25H39N2O3Si2/c1-6-7-8-9-19-28-24-15-11-22(12-16-24)26-27-23-13-17-25(18-14-23)29-20-10-21-32(4,5)30-31(2)3/h11-18H,6-10,19-21H2,1-5H3. The molecule has 175 valence electrons. The summed E-state index contributed by atoms with van der Waals surface area (Å²) in [7, 11) is -2.17. The molecule has 0 saturated carbocycles. The van der Waals surface area contributed by atoms with E-state index in [-0.39, 0.29) is 0 Å². The molecule has 0 amide bonds. The summed E-state index contributed by atoms with van der Waals surface area (Å²) in [6.45, 7) is 12.7. The maximum Gasteiger partial charge on any atom is 0.191 e. The minimum Gasteiger partial charge on any atom is -0.494 e. The highest BCUT2D eigenvalue weighted by Gasteiger charge is 2.23. The van der Waals surface area contributed by atoms with Gasteiger partial charge in [0.15, 0.2) is 17.4 Å². The monoisotopic (exact) mass is 471 g/mol. The Morgan fingerprint density at radius 1 is 0.719 bits per heavy atom. The summed E-state index contributed by atoms with van der Waals surface area (Å²) in [6, 6.07) is 16.6. The van der Waals surface area contributed by atoms with Crippen molar-refractivity contribution in [2.75, 3.05) is 13.2 Å². The molecule has 0 aliphatic heterocycles. The van der Waals surface area contributed by atoms with E-state index in [2.05, 4.69) is 43.3 Å². The van der Waals surface area contributed by atoms with Gasteiger partial charge in [0.25, 0.3) is 0 Å². The maximum atomic E-state index is 6.16. The molecular weight excluding hydrogens is 432 g/mol. The van der Waals surface area contributed by atoms with Crippen LogP contribution in [0, 0.1) is 0 Å². The molecule has 0 aliphatic carbocycles. The lowest BCUT2D eigenvalue weighted by Crippen LogP contribution is -2.35. The molecule has 2 aromatic carbocycles. The van der Waals surface area contributed by atoms with Crippen molar-refractivity contribution in [3.05, 3.63) is 48.5 Å². The smallest absolute Gasteiger partial charge is 0.191 e. The average Bonchev–Trinajstić information content (AvgIpc) is 2.76.